The number of hydrogen-bond acceptors (Lipinski definition) is 0. The van der Waals surface area contributed by atoms with Crippen LogP contribution in [0, 0.1) is 0 Å². The van der Waals surface area contributed by atoms with Crippen LogP contribution in [0.1, 0.15) is 12.8 Å². The maximum atomic E-state index is 11.1. The number of unbranched alkanes of at least 4 members (excludes halogenated alkanes) is 1. The van der Waals surface area contributed by atoms with Crippen LogP contribution >= 0.6 is 24.0 Å². The highest BCUT2D eigenvalue weighted by molar-refractivity contribution is 6.17. The van der Waals surface area contributed by atoms with Crippen LogP contribution in [0.15, 0.2) is 0 Å². The summed E-state index contributed by atoms with van der Waals surface area (Å²) in [6.45, 7) is -0.229. The third-order valence-corrected chi connectivity index (χ3v) is 0.785. The Bertz CT molecular complexity index is 21.7. The van der Waals surface area contributed by atoms with Gasteiger partial charge in [-0.3, -0.25) is 4.39 Å². The van der Waals surface area contributed by atoms with Gasteiger partial charge in [0, 0.05) is 5.88 Å². The second-order valence-electron chi connectivity index (χ2n) is 1.09. The Morgan fingerprint density at radius 1 is 1.29 bits per heavy atom. The maximum absolute atomic E-state index is 11.1. The summed E-state index contributed by atoms with van der Waals surface area (Å²) in [5, 5.41) is 0. The average molecular weight is 147 g/mol. The highest BCUT2D eigenvalue weighted by atomic mass is 35.5. The van der Waals surface area contributed by atoms with E-state index in [1.165, 1.54) is 0 Å². The fraction of sp³-hybridized carbons (Fsp3) is 1.00. The van der Waals surface area contributed by atoms with Crippen molar-refractivity contribution in [3.63, 3.8) is 0 Å². The fourth-order valence-corrected chi connectivity index (χ4v) is 0.378. The molecule has 0 unspecified atom stereocenters. The van der Waals surface area contributed by atoms with E-state index in [-0.39, 0.29) is 19.1 Å². The third kappa shape index (κ3) is 10.7. The molecule has 0 atom stereocenters. The standard InChI is InChI=1S/C4H8ClF.ClH/c5-3-1-2-4-6;/h1-4H2;1H. The van der Waals surface area contributed by atoms with Crippen LogP contribution in [-0.2, 0) is 0 Å². The summed E-state index contributed by atoms with van der Waals surface area (Å²) in [7, 11) is 0. The normalized spacial score (nSPS) is 7.71. The molecule has 0 rings (SSSR count). The largest absolute Gasteiger partial charge is 0.251 e. The van der Waals surface area contributed by atoms with Crippen molar-refractivity contribution in [3.8, 4) is 0 Å². The van der Waals surface area contributed by atoms with E-state index in [4.69, 9.17) is 11.6 Å². The molecule has 0 heterocycles. The van der Waals surface area contributed by atoms with E-state index in [0.717, 1.165) is 6.42 Å². The molecular formula is C4H9Cl2F. The predicted octanol–water partition coefficient (Wildman–Crippen LogP) is 2.40. The van der Waals surface area contributed by atoms with Crippen LogP contribution in [0.25, 0.3) is 0 Å². The monoisotopic (exact) mass is 146 g/mol. The molecule has 46 valence electrons. The van der Waals surface area contributed by atoms with Crippen molar-refractivity contribution >= 4 is 24.0 Å². The molecule has 0 aromatic heterocycles. The van der Waals surface area contributed by atoms with Gasteiger partial charge < -0.3 is 0 Å². The van der Waals surface area contributed by atoms with Crippen molar-refractivity contribution in [1.29, 1.82) is 0 Å². The van der Waals surface area contributed by atoms with Crippen LogP contribution in [0.5, 0.6) is 0 Å². The Morgan fingerprint density at radius 2 is 1.86 bits per heavy atom. The van der Waals surface area contributed by atoms with E-state index in [1.807, 2.05) is 0 Å². The van der Waals surface area contributed by atoms with Crippen LogP contribution in [0.2, 0.25) is 0 Å². The Kier molecular flexibility index (Phi) is 14.6. The molecule has 0 spiro atoms. The summed E-state index contributed by atoms with van der Waals surface area (Å²) >= 11 is 5.21. The molecule has 3 heteroatoms. The van der Waals surface area contributed by atoms with Gasteiger partial charge in [0.05, 0.1) is 6.67 Å². The Balaban J connectivity index is 0. The van der Waals surface area contributed by atoms with Crippen molar-refractivity contribution in [2.45, 2.75) is 12.8 Å². The molecule has 0 bridgehead atoms. The average Bonchev–Trinajstić information content (AvgIpc) is 1.61. The van der Waals surface area contributed by atoms with Crippen molar-refractivity contribution in [3.05, 3.63) is 0 Å². The van der Waals surface area contributed by atoms with Gasteiger partial charge in [-0.1, -0.05) is 0 Å². The van der Waals surface area contributed by atoms with E-state index < -0.39 is 0 Å². The summed E-state index contributed by atoms with van der Waals surface area (Å²) in [4.78, 5) is 0. The highest BCUT2D eigenvalue weighted by Crippen LogP contribution is 1.90. The first-order valence-corrected chi connectivity index (χ1v) is 2.57. The third-order valence-electron chi connectivity index (χ3n) is 0.517. The van der Waals surface area contributed by atoms with Gasteiger partial charge in [0.25, 0.3) is 0 Å². The SMILES string of the molecule is Cl.FCCCCCl. The quantitative estimate of drug-likeness (QED) is 0.424. The Labute approximate surface area is 54.5 Å². The summed E-state index contributed by atoms with van der Waals surface area (Å²) in [5.74, 6) is 0.587. The molecule has 0 saturated carbocycles. The minimum Gasteiger partial charge on any atom is -0.251 e. The van der Waals surface area contributed by atoms with Crippen LogP contribution in [-0.4, -0.2) is 12.6 Å². The lowest BCUT2D eigenvalue weighted by Gasteiger charge is -1.82. The zero-order valence-electron chi connectivity index (χ0n) is 3.99. The van der Waals surface area contributed by atoms with Gasteiger partial charge in [-0.25, -0.2) is 0 Å². The zero-order valence-corrected chi connectivity index (χ0v) is 5.57. The first-order chi connectivity index (χ1) is 2.91. The van der Waals surface area contributed by atoms with E-state index in [9.17, 15) is 4.39 Å². The van der Waals surface area contributed by atoms with Crippen molar-refractivity contribution < 1.29 is 4.39 Å². The fourth-order valence-electron chi connectivity index (χ4n) is 0.189. The molecule has 0 aliphatic heterocycles. The molecule has 0 radical (unpaired) electrons. The van der Waals surface area contributed by atoms with Crippen LogP contribution < -0.4 is 0 Å². The molecule has 0 nitrogen and oxygen atoms in total. The lowest BCUT2D eigenvalue weighted by atomic mass is 10.4. The minimum atomic E-state index is -0.229. The molecule has 0 aromatic carbocycles. The predicted molar refractivity (Wildman–Crippen MR) is 33.2 cm³/mol. The summed E-state index contributed by atoms with van der Waals surface area (Å²) in [5.41, 5.74) is 0. The van der Waals surface area contributed by atoms with Gasteiger partial charge in [0.1, 0.15) is 0 Å². The van der Waals surface area contributed by atoms with Crippen molar-refractivity contribution in [1.82, 2.24) is 0 Å². The van der Waals surface area contributed by atoms with Crippen molar-refractivity contribution in [2.24, 2.45) is 0 Å². The number of alkyl halides is 2. The molecule has 0 fully saturated rings. The smallest absolute Gasteiger partial charge is 0.0894 e. The first-order valence-electron chi connectivity index (χ1n) is 2.03. The van der Waals surface area contributed by atoms with Gasteiger partial charge in [-0.15, -0.1) is 24.0 Å². The van der Waals surface area contributed by atoms with Crippen LogP contribution in [0.3, 0.4) is 0 Å². The van der Waals surface area contributed by atoms with Gasteiger partial charge >= 0.3 is 0 Å². The van der Waals surface area contributed by atoms with Crippen LogP contribution in [0.4, 0.5) is 4.39 Å². The van der Waals surface area contributed by atoms with Crippen molar-refractivity contribution in [2.75, 3.05) is 12.6 Å². The summed E-state index contributed by atoms with van der Waals surface area (Å²) in [6.07, 6.45) is 1.42. The second kappa shape index (κ2) is 9.72. The Hall–Kier alpha value is 0.510. The summed E-state index contributed by atoms with van der Waals surface area (Å²) in [6, 6.07) is 0. The van der Waals surface area contributed by atoms with Gasteiger partial charge in [0.15, 0.2) is 0 Å². The van der Waals surface area contributed by atoms with E-state index in [0.29, 0.717) is 12.3 Å². The molecule has 7 heavy (non-hydrogen) atoms. The molecule has 0 saturated heterocycles. The zero-order chi connectivity index (χ0) is 4.83. The van der Waals surface area contributed by atoms with E-state index >= 15 is 0 Å². The van der Waals surface area contributed by atoms with Gasteiger partial charge in [-0.2, -0.15) is 0 Å². The lowest BCUT2D eigenvalue weighted by Crippen LogP contribution is -1.75. The molecule has 0 N–H and O–H groups in total. The molecule has 0 aliphatic rings. The number of hydrogen-bond donors (Lipinski definition) is 0. The number of halogens is 3. The first kappa shape index (κ1) is 10.5. The minimum absolute atomic E-state index is 0. The number of rotatable bonds is 3. The molecule has 0 aromatic rings. The highest BCUT2D eigenvalue weighted by Gasteiger charge is 1.79. The van der Waals surface area contributed by atoms with E-state index in [2.05, 4.69) is 0 Å². The molecule has 0 aliphatic carbocycles. The lowest BCUT2D eigenvalue weighted by molar-refractivity contribution is 0.470. The molecule has 0 amide bonds. The van der Waals surface area contributed by atoms with E-state index in [1.54, 1.807) is 0 Å². The summed E-state index contributed by atoms with van der Waals surface area (Å²) < 4.78 is 11.1. The molecular weight excluding hydrogens is 138 g/mol. The maximum Gasteiger partial charge on any atom is 0.0894 e. The second-order valence-corrected chi connectivity index (χ2v) is 1.46. The van der Waals surface area contributed by atoms with Gasteiger partial charge in [0.2, 0.25) is 0 Å². The Morgan fingerprint density at radius 3 is 2.00 bits per heavy atom. The topological polar surface area (TPSA) is 0 Å². The van der Waals surface area contributed by atoms with Gasteiger partial charge in [-0.05, 0) is 12.8 Å².